The number of nitrogens with zero attached hydrogens (tertiary/aromatic N) is 1. The van der Waals surface area contributed by atoms with Gasteiger partial charge in [0, 0.05) is 24.7 Å². The molecule has 108 valence electrons. The lowest BCUT2D eigenvalue weighted by molar-refractivity contribution is 0.276. The van der Waals surface area contributed by atoms with E-state index in [0.717, 1.165) is 15.6 Å². The highest BCUT2D eigenvalue weighted by molar-refractivity contribution is 9.10. The van der Waals surface area contributed by atoms with Gasteiger partial charge in [-0.2, -0.15) is 12.7 Å². The molecule has 19 heavy (non-hydrogen) atoms. The highest BCUT2D eigenvalue weighted by Crippen LogP contribution is 2.25. The molecule has 0 aromatic heterocycles. The Balaban J connectivity index is 2.89. The lowest BCUT2D eigenvalue weighted by atomic mass is 10.1. The highest BCUT2D eigenvalue weighted by atomic mass is 79.9. The minimum Gasteiger partial charge on any atom is -0.396 e. The molecule has 1 aromatic carbocycles. The molecule has 0 aliphatic rings. The number of nitrogens with one attached hydrogen (secondary N) is 1. The van der Waals surface area contributed by atoms with Gasteiger partial charge in [-0.1, -0.05) is 15.9 Å². The normalized spacial score (nSPS) is 11.9. The Bertz CT molecular complexity index is 523. The number of aliphatic hydroxyl groups excluding tert-OH is 1. The fourth-order valence-electron chi connectivity index (χ4n) is 1.65. The van der Waals surface area contributed by atoms with Gasteiger partial charge < -0.3 is 5.11 Å². The summed E-state index contributed by atoms with van der Waals surface area (Å²) in [5, 5.41) is 8.73. The van der Waals surface area contributed by atoms with Gasteiger partial charge in [-0.05, 0) is 43.5 Å². The number of aryl methyl sites for hydroxylation is 2. The molecule has 0 atom stereocenters. The minimum atomic E-state index is -3.58. The molecule has 0 aliphatic heterocycles. The molecular weight excluding hydrogens is 332 g/mol. The van der Waals surface area contributed by atoms with Crippen LogP contribution in [0.1, 0.15) is 17.5 Å². The molecule has 5 nitrogen and oxygen atoms in total. The van der Waals surface area contributed by atoms with Crippen LogP contribution in [0.15, 0.2) is 16.6 Å². The molecule has 1 rings (SSSR count). The van der Waals surface area contributed by atoms with E-state index in [2.05, 4.69) is 20.7 Å². The fourth-order valence-corrected chi connectivity index (χ4v) is 2.82. The average Bonchev–Trinajstić information content (AvgIpc) is 2.32. The SMILES string of the molecule is Cc1cc(NS(=O)(=O)N(C)CCCO)cc(C)c1Br. The standard InChI is InChI=1S/C12H19BrN2O3S/c1-9-7-11(8-10(2)12(9)13)14-19(17,18)15(3)5-4-6-16/h7-8,14,16H,4-6H2,1-3H3. The Hall–Kier alpha value is -0.630. The zero-order valence-corrected chi connectivity index (χ0v) is 13.7. The molecule has 2 N–H and O–H groups in total. The van der Waals surface area contributed by atoms with Gasteiger partial charge in [0.1, 0.15) is 0 Å². The van der Waals surface area contributed by atoms with Gasteiger partial charge in [0.25, 0.3) is 0 Å². The Morgan fingerprint density at radius 1 is 1.32 bits per heavy atom. The van der Waals surface area contributed by atoms with Gasteiger partial charge in [0.05, 0.1) is 5.69 Å². The molecule has 0 amide bonds. The summed E-state index contributed by atoms with van der Waals surface area (Å²) in [6.07, 6.45) is 0.413. The van der Waals surface area contributed by atoms with Crippen LogP contribution in [0.4, 0.5) is 5.69 Å². The van der Waals surface area contributed by atoms with Gasteiger partial charge in [-0.15, -0.1) is 0 Å². The van der Waals surface area contributed by atoms with E-state index in [0.29, 0.717) is 12.1 Å². The van der Waals surface area contributed by atoms with Crippen molar-refractivity contribution >= 4 is 31.8 Å². The van der Waals surface area contributed by atoms with E-state index in [-0.39, 0.29) is 13.2 Å². The third kappa shape index (κ3) is 4.45. The molecular formula is C12H19BrN2O3S. The smallest absolute Gasteiger partial charge is 0.301 e. The molecule has 0 saturated heterocycles. The molecule has 0 unspecified atom stereocenters. The molecule has 0 radical (unpaired) electrons. The van der Waals surface area contributed by atoms with Crippen molar-refractivity contribution in [1.82, 2.24) is 4.31 Å². The molecule has 7 heteroatoms. The summed E-state index contributed by atoms with van der Waals surface area (Å²) in [5.74, 6) is 0. The number of hydrogen-bond donors (Lipinski definition) is 2. The zero-order chi connectivity index (χ0) is 14.6. The molecule has 0 fully saturated rings. The maximum absolute atomic E-state index is 12.0. The molecule has 0 spiro atoms. The lowest BCUT2D eigenvalue weighted by Gasteiger charge is -2.18. The van der Waals surface area contributed by atoms with E-state index < -0.39 is 10.2 Å². The molecule has 0 bridgehead atoms. The van der Waals surface area contributed by atoms with Crippen LogP contribution in [0.5, 0.6) is 0 Å². The van der Waals surface area contributed by atoms with Crippen molar-refractivity contribution in [3.8, 4) is 0 Å². The number of halogens is 1. The van der Waals surface area contributed by atoms with E-state index >= 15 is 0 Å². The van der Waals surface area contributed by atoms with Crippen LogP contribution in [0.2, 0.25) is 0 Å². The fraction of sp³-hybridized carbons (Fsp3) is 0.500. The number of aliphatic hydroxyl groups is 1. The van der Waals surface area contributed by atoms with Gasteiger partial charge in [0.15, 0.2) is 0 Å². The topological polar surface area (TPSA) is 69.6 Å². The first-order valence-corrected chi connectivity index (χ1v) is 8.13. The summed E-state index contributed by atoms with van der Waals surface area (Å²) in [5.41, 5.74) is 2.47. The number of rotatable bonds is 6. The van der Waals surface area contributed by atoms with Crippen molar-refractivity contribution < 1.29 is 13.5 Å². The van der Waals surface area contributed by atoms with Crippen LogP contribution in [0, 0.1) is 13.8 Å². The van der Waals surface area contributed by atoms with Crippen molar-refractivity contribution in [3.63, 3.8) is 0 Å². The van der Waals surface area contributed by atoms with E-state index in [1.807, 2.05) is 13.8 Å². The summed E-state index contributed by atoms with van der Waals surface area (Å²) in [4.78, 5) is 0. The Morgan fingerprint density at radius 2 is 1.84 bits per heavy atom. The van der Waals surface area contributed by atoms with E-state index in [4.69, 9.17) is 5.11 Å². The van der Waals surface area contributed by atoms with Crippen molar-refractivity contribution in [1.29, 1.82) is 0 Å². The first kappa shape index (κ1) is 16.4. The molecule has 0 aliphatic carbocycles. The van der Waals surface area contributed by atoms with E-state index in [9.17, 15) is 8.42 Å². The van der Waals surface area contributed by atoms with Crippen molar-refractivity contribution in [2.75, 3.05) is 24.9 Å². The maximum atomic E-state index is 12.0. The van der Waals surface area contributed by atoms with Gasteiger partial charge in [-0.25, -0.2) is 0 Å². The van der Waals surface area contributed by atoms with E-state index in [1.54, 1.807) is 12.1 Å². The van der Waals surface area contributed by atoms with Crippen molar-refractivity contribution in [2.24, 2.45) is 0 Å². The Labute approximate surface area is 122 Å². The summed E-state index contributed by atoms with van der Waals surface area (Å²) in [6, 6.07) is 3.54. The first-order chi connectivity index (χ1) is 8.77. The van der Waals surface area contributed by atoms with Crippen LogP contribution in [0.25, 0.3) is 0 Å². The minimum absolute atomic E-state index is 0.0314. The summed E-state index contributed by atoms with van der Waals surface area (Å²) in [7, 11) is -2.09. The monoisotopic (exact) mass is 350 g/mol. The van der Waals surface area contributed by atoms with Gasteiger partial charge in [0.2, 0.25) is 0 Å². The summed E-state index contributed by atoms with van der Waals surface area (Å²) < 4.78 is 28.8. The van der Waals surface area contributed by atoms with Crippen LogP contribution < -0.4 is 4.72 Å². The third-order valence-corrected chi connectivity index (χ3v) is 5.47. The molecule has 1 aromatic rings. The van der Waals surface area contributed by atoms with Crippen LogP contribution in [-0.4, -0.2) is 38.0 Å². The van der Waals surface area contributed by atoms with Crippen LogP contribution >= 0.6 is 15.9 Å². The predicted molar refractivity (Wildman–Crippen MR) is 80.5 cm³/mol. The lowest BCUT2D eigenvalue weighted by Crippen LogP contribution is -2.33. The third-order valence-electron chi connectivity index (χ3n) is 2.72. The van der Waals surface area contributed by atoms with Crippen LogP contribution in [0.3, 0.4) is 0 Å². The summed E-state index contributed by atoms with van der Waals surface area (Å²) in [6.45, 7) is 4.06. The average molecular weight is 351 g/mol. The molecule has 0 saturated carbocycles. The maximum Gasteiger partial charge on any atom is 0.301 e. The largest absolute Gasteiger partial charge is 0.396 e. The van der Waals surface area contributed by atoms with Crippen molar-refractivity contribution in [3.05, 3.63) is 27.7 Å². The quantitative estimate of drug-likeness (QED) is 0.824. The van der Waals surface area contributed by atoms with Crippen molar-refractivity contribution in [2.45, 2.75) is 20.3 Å². The first-order valence-electron chi connectivity index (χ1n) is 5.89. The van der Waals surface area contributed by atoms with Gasteiger partial charge >= 0.3 is 10.2 Å². The second-order valence-electron chi connectivity index (χ2n) is 4.43. The Kier molecular flexibility index (Phi) is 5.79. The number of benzene rings is 1. The van der Waals surface area contributed by atoms with E-state index in [1.165, 1.54) is 11.4 Å². The second kappa shape index (κ2) is 6.69. The number of anilines is 1. The molecule has 0 heterocycles. The highest BCUT2D eigenvalue weighted by Gasteiger charge is 2.17. The predicted octanol–water partition coefficient (Wildman–Crippen LogP) is 2.04. The summed E-state index contributed by atoms with van der Waals surface area (Å²) >= 11 is 3.44. The zero-order valence-electron chi connectivity index (χ0n) is 11.3. The Morgan fingerprint density at radius 3 is 2.32 bits per heavy atom. The second-order valence-corrected chi connectivity index (χ2v) is 7.00. The van der Waals surface area contributed by atoms with Crippen LogP contribution in [-0.2, 0) is 10.2 Å². The van der Waals surface area contributed by atoms with Gasteiger partial charge in [-0.3, -0.25) is 4.72 Å². The number of hydrogen-bond acceptors (Lipinski definition) is 3.